The van der Waals surface area contributed by atoms with E-state index in [4.69, 9.17) is 0 Å². The van der Waals surface area contributed by atoms with E-state index in [0.29, 0.717) is 4.88 Å². The third-order valence-electron chi connectivity index (χ3n) is 0.658. The SMILES string of the molecule is O=Cc1cnc([AsH2])s1. The molecule has 4 heteroatoms. The fourth-order valence-electron chi connectivity index (χ4n) is 0.355. The molecular formula is C4H4AsNOS. The van der Waals surface area contributed by atoms with Gasteiger partial charge < -0.3 is 0 Å². The van der Waals surface area contributed by atoms with Gasteiger partial charge in [-0.05, 0) is 0 Å². The van der Waals surface area contributed by atoms with Crippen molar-refractivity contribution in [1.29, 1.82) is 0 Å². The third kappa shape index (κ3) is 1.17. The van der Waals surface area contributed by atoms with Crippen molar-refractivity contribution in [2.45, 2.75) is 0 Å². The molecule has 0 aliphatic carbocycles. The maximum atomic E-state index is 10.00. The Bertz CT molecular complexity index is 198. The van der Waals surface area contributed by atoms with Crippen molar-refractivity contribution in [3.63, 3.8) is 0 Å². The van der Waals surface area contributed by atoms with E-state index < -0.39 is 0 Å². The van der Waals surface area contributed by atoms with E-state index in [1.54, 1.807) is 6.20 Å². The molecule has 0 saturated carbocycles. The monoisotopic (exact) mass is 189 g/mol. The van der Waals surface area contributed by atoms with Crippen LogP contribution in [0.25, 0.3) is 0 Å². The van der Waals surface area contributed by atoms with Gasteiger partial charge in [-0.1, -0.05) is 0 Å². The van der Waals surface area contributed by atoms with Crippen molar-refractivity contribution >= 4 is 38.3 Å². The maximum absolute atomic E-state index is 10.00. The molecular weight excluding hydrogens is 185 g/mol. The van der Waals surface area contributed by atoms with Gasteiger partial charge in [-0.3, -0.25) is 0 Å². The Balaban J connectivity index is 3.00. The Labute approximate surface area is 59.4 Å². The third-order valence-corrected chi connectivity index (χ3v) is 2.46. The summed E-state index contributed by atoms with van der Waals surface area (Å²) in [5.41, 5.74) is 0. The first-order valence-corrected chi connectivity index (χ1v) is 4.02. The van der Waals surface area contributed by atoms with Crippen LogP contribution in [0.5, 0.6) is 0 Å². The molecule has 0 spiro atoms. The van der Waals surface area contributed by atoms with Crippen molar-refractivity contribution in [2.75, 3.05) is 0 Å². The summed E-state index contributed by atoms with van der Waals surface area (Å²) >= 11 is 2.89. The number of thiazole rings is 1. The molecule has 1 rings (SSSR count). The molecule has 0 amide bonds. The van der Waals surface area contributed by atoms with Crippen LogP contribution in [0, 0.1) is 0 Å². The van der Waals surface area contributed by atoms with Crippen LogP contribution in [0.3, 0.4) is 0 Å². The molecule has 42 valence electrons. The summed E-state index contributed by atoms with van der Waals surface area (Å²) < 4.78 is 1.000. The topological polar surface area (TPSA) is 30.0 Å². The summed E-state index contributed by atoms with van der Waals surface area (Å²) in [6.45, 7) is 0. The summed E-state index contributed by atoms with van der Waals surface area (Å²) in [5, 5.41) is 0. The van der Waals surface area contributed by atoms with Crippen LogP contribution in [0.15, 0.2) is 6.20 Å². The van der Waals surface area contributed by atoms with Crippen LogP contribution in [0.4, 0.5) is 0 Å². The van der Waals surface area contributed by atoms with Gasteiger partial charge in [0.2, 0.25) is 0 Å². The number of rotatable bonds is 1. The second-order valence-electron chi connectivity index (χ2n) is 1.22. The summed E-state index contributed by atoms with van der Waals surface area (Å²) in [7, 11) is 0. The molecule has 1 aromatic rings. The minimum absolute atomic E-state index is 0.712. The first kappa shape index (κ1) is 5.99. The van der Waals surface area contributed by atoms with Gasteiger partial charge in [0.25, 0.3) is 0 Å². The van der Waals surface area contributed by atoms with Crippen LogP contribution in [0.1, 0.15) is 9.67 Å². The summed E-state index contributed by atoms with van der Waals surface area (Å²) in [4.78, 5) is 14.6. The molecule has 0 bridgehead atoms. The van der Waals surface area contributed by atoms with Crippen molar-refractivity contribution in [3.8, 4) is 0 Å². The predicted molar refractivity (Wildman–Crippen MR) is 35.7 cm³/mol. The number of nitrogens with zero attached hydrogens (tertiary/aromatic N) is 1. The number of hydrogen-bond donors (Lipinski definition) is 0. The Morgan fingerprint density at radius 3 is 2.88 bits per heavy atom. The standard InChI is InChI=1S/C4H4AsNOS/c5-4-6-1-3(2-7)8-4/h1-2H,5H2. The van der Waals surface area contributed by atoms with Gasteiger partial charge in [0, 0.05) is 0 Å². The first-order valence-electron chi connectivity index (χ1n) is 1.99. The van der Waals surface area contributed by atoms with Gasteiger partial charge in [-0.25, -0.2) is 0 Å². The van der Waals surface area contributed by atoms with E-state index in [1.807, 2.05) is 0 Å². The van der Waals surface area contributed by atoms with Crippen molar-refractivity contribution < 1.29 is 4.79 Å². The van der Waals surface area contributed by atoms with Crippen molar-refractivity contribution in [3.05, 3.63) is 11.1 Å². The Morgan fingerprint density at radius 2 is 2.62 bits per heavy atom. The number of aromatic nitrogens is 1. The second kappa shape index (κ2) is 2.42. The van der Waals surface area contributed by atoms with E-state index in [1.165, 1.54) is 28.2 Å². The van der Waals surface area contributed by atoms with Crippen molar-refractivity contribution in [1.82, 2.24) is 4.98 Å². The van der Waals surface area contributed by atoms with Crippen molar-refractivity contribution in [2.24, 2.45) is 0 Å². The summed E-state index contributed by atoms with van der Waals surface area (Å²) in [5.74, 6) is 0. The van der Waals surface area contributed by atoms with E-state index in [2.05, 4.69) is 4.98 Å². The zero-order valence-corrected chi connectivity index (χ0v) is 7.23. The van der Waals surface area contributed by atoms with Gasteiger partial charge in [0.1, 0.15) is 0 Å². The molecule has 0 fully saturated rings. The molecule has 0 aliphatic rings. The molecule has 0 radical (unpaired) electrons. The van der Waals surface area contributed by atoms with Crippen LogP contribution in [0.2, 0.25) is 0 Å². The van der Waals surface area contributed by atoms with E-state index in [0.717, 1.165) is 10.1 Å². The van der Waals surface area contributed by atoms with Crippen LogP contribution in [-0.4, -0.2) is 28.1 Å². The molecule has 1 aromatic heterocycles. The van der Waals surface area contributed by atoms with E-state index >= 15 is 0 Å². The summed E-state index contributed by atoms with van der Waals surface area (Å²) in [6, 6.07) is 0. The molecule has 0 N–H and O–H groups in total. The Morgan fingerprint density at radius 1 is 1.88 bits per heavy atom. The molecule has 8 heavy (non-hydrogen) atoms. The second-order valence-corrected chi connectivity index (χ2v) is 4.34. The van der Waals surface area contributed by atoms with Gasteiger partial charge >= 0.3 is 59.1 Å². The molecule has 1 heterocycles. The molecule has 1 unspecified atom stereocenters. The first-order chi connectivity index (χ1) is 3.83. The normalized spacial score (nSPS) is 9.12. The molecule has 0 saturated heterocycles. The van der Waals surface area contributed by atoms with Crippen LogP contribution in [-0.2, 0) is 0 Å². The average molecular weight is 189 g/mol. The Kier molecular flexibility index (Phi) is 1.81. The fourth-order valence-corrected chi connectivity index (χ4v) is 1.87. The Hall–Kier alpha value is -0.142. The fraction of sp³-hybridized carbons (Fsp3) is 0. The van der Waals surface area contributed by atoms with E-state index in [-0.39, 0.29) is 0 Å². The number of carbonyl (C=O) groups excluding carboxylic acids is 1. The number of aldehydes is 1. The summed E-state index contributed by atoms with van der Waals surface area (Å²) in [6.07, 6.45) is 2.41. The van der Waals surface area contributed by atoms with Gasteiger partial charge in [0.05, 0.1) is 0 Å². The predicted octanol–water partition coefficient (Wildman–Crippen LogP) is -0.786. The zero-order valence-electron chi connectivity index (χ0n) is 4.00. The van der Waals surface area contributed by atoms with Gasteiger partial charge in [-0.2, -0.15) is 0 Å². The van der Waals surface area contributed by atoms with Gasteiger partial charge in [-0.15, -0.1) is 0 Å². The quantitative estimate of drug-likeness (QED) is 0.428. The molecule has 2 nitrogen and oxygen atoms in total. The molecule has 0 aliphatic heterocycles. The number of carbonyl (C=O) groups is 1. The van der Waals surface area contributed by atoms with E-state index in [9.17, 15) is 4.79 Å². The molecule has 1 atom stereocenters. The zero-order chi connectivity index (χ0) is 5.98. The number of hydrogen-bond acceptors (Lipinski definition) is 3. The van der Waals surface area contributed by atoms with Crippen LogP contribution >= 0.6 is 11.3 Å². The minimum atomic E-state index is 0.712. The van der Waals surface area contributed by atoms with Gasteiger partial charge in [0.15, 0.2) is 0 Å². The molecule has 0 aromatic carbocycles. The average Bonchev–Trinajstić information content (AvgIpc) is 2.14. The van der Waals surface area contributed by atoms with Crippen LogP contribution < -0.4 is 3.80 Å².